The topological polar surface area (TPSA) is 115 Å². The third-order valence-corrected chi connectivity index (χ3v) is 7.44. The molecule has 12 heteroatoms. The predicted octanol–water partition coefficient (Wildman–Crippen LogP) is 2.43. The lowest BCUT2D eigenvalue weighted by atomic mass is 9.99. The summed E-state index contributed by atoms with van der Waals surface area (Å²) >= 11 is 1.37. The van der Waals surface area contributed by atoms with Crippen LogP contribution in [0.2, 0.25) is 0 Å². The maximum atomic E-state index is 13.8. The fourth-order valence-electron chi connectivity index (χ4n) is 4.68. The summed E-state index contributed by atoms with van der Waals surface area (Å²) in [5.74, 6) is -0.655. The lowest BCUT2D eigenvalue weighted by Crippen LogP contribution is -2.69. The van der Waals surface area contributed by atoms with Gasteiger partial charge in [0.25, 0.3) is 0 Å². The van der Waals surface area contributed by atoms with Crippen molar-refractivity contribution in [1.29, 1.82) is 0 Å². The Morgan fingerprint density at radius 1 is 1.32 bits per heavy atom. The van der Waals surface area contributed by atoms with E-state index in [0.717, 1.165) is 15.8 Å². The molecule has 1 saturated heterocycles. The molecule has 0 bridgehead atoms. The molecule has 2 heterocycles. The molecule has 0 spiro atoms. The molecule has 1 aliphatic heterocycles. The molecule has 1 fully saturated rings. The number of urea groups is 1. The number of para-hydroxylation sites is 1. The average Bonchev–Trinajstić information content (AvgIpc) is 3.30. The zero-order valence-corrected chi connectivity index (χ0v) is 22.0. The number of halogens is 1. The SMILES string of the molecule is C=CCN(C(=O)NC)N(C)[C@H]1CN(Cc2cccc3sc(N)nc23)C(=O)[C@H](Cc2ccc(F)cc2)N1C=O. The monoisotopic (exact) mass is 539 g/mol. The lowest BCUT2D eigenvalue weighted by molar-refractivity contribution is -0.166. The van der Waals surface area contributed by atoms with Gasteiger partial charge in [0.15, 0.2) is 5.13 Å². The second-order valence-electron chi connectivity index (χ2n) is 8.91. The molecule has 0 aliphatic carbocycles. The molecule has 0 unspecified atom stereocenters. The summed E-state index contributed by atoms with van der Waals surface area (Å²) in [6.45, 7) is 4.29. The van der Waals surface area contributed by atoms with Gasteiger partial charge in [0.1, 0.15) is 18.0 Å². The van der Waals surface area contributed by atoms with Crippen LogP contribution in [0.1, 0.15) is 11.1 Å². The van der Waals surface area contributed by atoms with E-state index in [1.807, 2.05) is 18.2 Å². The van der Waals surface area contributed by atoms with Crippen molar-refractivity contribution in [3.05, 3.63) is 72.1 Å². The number of amides is 4. The van der Waals surface area contributed by atoms with Crippen molar-refractivity contribution in [3.8, 4) is 0 Å². The van der Waals surface area contributed by atoms with Gasteiger partial charge in [0.05, 0.1) is 23.3 Å². The van der Waals surface area contributed by atoms with Crippen molar-refractivity contribution < 1.29 is 18.8 Å². The minimum Gasteiger partial charge on any atom is -0.375 e. The van der Waals surface area contributed by atoms with Crippen LogP contribution in [0.5, 0.6) is 0 Å². The summed E-state index contributed by atoms with van der Waals surface area (Å²) < 4.78 is 14.5. The number of fused-ring (bicyclic) bond motifs is 1. The van der Waals surface area contributed by atoms with Gasteiger partial charge >= 0.3 is 6.03 Å². The highest BCUT2D eigenvalue weighted by molar-refractivity contribution is 7.22. The van der Waals surface area contributed by atoms with E-state index in [2.05, 4.69) is 16.9 Å². The van der Waals surface area contributed by atoms with E-state index in [1.165, 1.54) is 40.4 Å². The van der Waals surface area contributed by atoms with Crippen LogP contribution in [0.4, 0.5) is 14.3 Å². The molecule has 2 atom stereocenters. The summed E-state index contributed by atoms with van der Waals surface area (Å²) in [4.78, 5) is 46.5. The summed E-state index contributed by atoms with van der Waals surface area (Å²) in [5, 5.41) is 6.08. The molecule has 0 radical (unpaired) electrons. The average molecular weight is 540 g/mol. The molecule has 38 heavy (non-hydrogen) atoms. The summed E-state index contributed by atoms with van der Waals surface area (Å²) in [5.41, 5.74) is 8.17. The highest BCUT2D eigenvalue weighted by Crippen LogP contribution is 2.29. The number of nitrogens with zero attached hydrogens (tertiary/aromatic N) is 5. The van der Waals surface area contributed by atoms with Gasteiger partial charge in [0.2, 0.25) is 12.3 Å². The summed E-state index contributed by atoms with van der Waals surface area (Å²) in [6.07, 6.45) is 1.70. The molecule has 0 saturated carbocycles. The van der Waals surface area contributed by atoms with Gasteiger partial charge in [-0.3, -0.25) is 14.6 Å². The first-order valence-corrected chi connectivity index (χ1v) is 12.8. The number of thiazole rings is 1. The Bertz CT molecular complexity index is 1330. The first kappa shape index (κ1) is 27.0. The van der Waals surface area contributed by atoms with Crippen LogP contribution in [-0.4, -0.2) is 82.5 Å². The Kier molecular flexibility index (Phi) is 8.23. The maximum Gasteiger partial charge on any atom is 0.332 e. The van der Waals surface area contributed by atoms with Crippen LogP contribution in [-0.2, 0) is 22.6 Å². The largest absolute Gasteiger partial charge is 0.375 e. The van der Waals surface area contributed by atoms with Gasteiger partial charge in [-0.2, -0.15) is 5.01 Å². The van der Waals surface area contributed by atoms with Gasteiger partial charge in [-0.15, -0.1) is 6.58 Å². The van der Waals surface area contributed by atoms with Crippen LogP contribution in [0, 0.1) is 5.82 Å². The Balaban J connectivity index is 1.72. The number of benzene rings is 2. The van der Waals surface area contributed by atoms with E-state index < -0.39 is 18.0 Å². The number of hydrazine groups is 1. The first-order valence-electron chi connectivity index (χ1n) is 12.0. The van der Waals surface area contributed by atoms with Crippen LogP contribution in [0.3, 0.4) is 0 Å². The number of carbonyl (C=O) groups excluding carboxylic acids is 3. The maximum absolute atomic E-state index is 13.8. The van der Waals surface area contributed by atoms with Gasteiger partial charge < -0.3 is 20.9 Å². The minimum absolute atomic E-state index is 0.134. The highest BCUT2D eigenvalue weighted by Gasteiger charge is 2.43. The molecule has 4 rings (SSSR count). The number of nitrogens with one attached hydrogen (secondary N) is 1. The molecular weight excluding hydrogens is 509 g/mol. The van der Waals surface area contributed by atoms with Crippen molar-refractivity contribution in [2.75, 3.05) is 32.9 Å². The van der Waals surface area contributed by atoms with Crippen molar-refractivity contribution >= 4 is 45.0 Å². The van der Waals surface area contributed by atoms with Crippen molar-refractivity contribution in [1.82, 2.24) is 30.1 Å². The van der Waals surface area contributed by atoms with Gasteiger partial charge in [-0.25, -0.2) is 14.2 Å². The second-order valence-corrected chi connectivity index (χ2v) is 9.98. The number of anilines is 1. The molecule has 2 aromatic carbocycles. The molecule has 10 nitrogen and oxygen atoms in total. The number of hydrogen-bond acceptors (Lipinski definition) is 7. The zero-order chi connectivity index (χ0) is 27.4. The highest BCUT2D eigenvalue weighted by atomic mass is 32.1. The zero-order valence-electron chi connectivity index (χ0n) is 21.2. The summed E-state index contributed by atoms with van der Waals surface area (Å²) in [7, 11) is 3.20. The Hall–Kier alpha value is -4.03. The molecular formula is C26H30FN7O3S. The number of nitrogens with two attached hydrogens (primary N) is 1. The smallest absolute Gasteiger partial charge is 0.332 e. The van der Waals surface area contributed by atoms with Crippen molar-refractivity contribution in [2.24, 2.45) is 0 Å². The fraction of sp³-hybridized carbons (Fsp3) is 0.308. The fourth-order valence-corrected chi connectivity index (χ4v) is 5.47. The van der Waals surface area contributed by atoms with E-state index >= 15 is 0 Å². The number of carbonyl (C=O) groups is 3. The predicted molar refractivity (Wildman–Crippen MR) is 144 cm³/mol. The number of likely N-dealkylation sites (N-methyl/N-ethyl adjacent to an activating group) is 1. The van der Waals surface area contributed by atoms with E-state index in [-0.39, 0.29) is 38.0 Å². The number of nitrogen functional groups attached to an aromatic ring is 1. The molecule has 4 amide bonds. The van der Waals surface area contributed by atoms with Gasteiger partial charge in [0, 0.05) is 27.1 Å². The van der Waals surface area contributed by atoms with Crippen molar-refractivity contribution in [3.63, 3.8) is 0 Å². The third kappa shape index (κ3) is 5.46. The number of piperazine rings is 1. The standard InChI is InChI=1S/C26H30FN7O3S/c1-4-12-34(26(37)29-2)31(3)22-15-32(14-18-6-5-7-21-23(18)30-25(28)38-21)24(36)20(33(22)16-35)13-17-8-10-19(27)11-9-17/h4-11,16,20,22H,1,12-15H2,2-3H3,(H2,28,30)(H,29,37)/t20-,22+/m0/s1. The second kappa shape index (κ2) is 11.6. The van der Waals surface area contributed by atoms with Gasteiger partial charge in [-0.05, 0) is 29.3 Å². The Morgan fingerprint density at radius 3 is 2.71 bits per heavy atom. The Labute approximate surface area is 224 Å². The number of rotatable bonds is 9. The van der Waals surface area contributed by atoms with E-state index in [1.54, 1.807) is 35.2 Å². The normalized spacial score (nSPS) is 17.6. The molecule has 3 aromatic rings. The number of aromatic nitrogens is 1. The van der Waals surface area contributed by atoms with E-state index in [9.17, 15) is 18.8 Å². The van der Waals surface area contributed by atoms with Crippen LogP contribution < -0.4 is 11.1 Å². The third-order valence-electron chi connectivity index (χ3n) is 6.59. The summed E-state index contributed by atoms with van der Waals surface area (Å²) in [6, 6.07) is 10.3. The lowest BCUT2D eigenvalue weighted by Gasteiger charge is -2.49. The van der Waals surface area contributed by atoms with Crippen LogP contribution in [0.15, 0.2) is 55.1 Å². The van der Waals surface area contributed by atoms with E-state index in [4.69, 9.17) is 5.73 Å². The van der Waals surface area contributed by atoms with Crippen LogP contribution in [0.25, 0.3) is 10.2 Å². The quantitative estimate of drug-likeness (QED) is 0.245. The Morgan fingerprint density at radius 2 is 2.05 bits per heavy atom. The molecule has 1 aliphatic rings. The minimum atomic E-state index is -0.880. The number of hydrogen-bond donors (Lipinski definition) is 2. The molecule has 3 N–H and O–H groups in total. The van der Waals surface area contributed by atoms with Gasteiger partial charge in [-0.1, -0.05) is 41.7 Å². The first-order chi connectivity index (χ1) is 18.3. The molecule has 200 valence electrons. The van der Waals surface area contributed by atoms with E-state index in [0.29, 0.717) is 17.1 Å². The van der Waals surface area contributed by atoms with Crippen molar-refractivity contribution in [2.45, 2.75) is 25.2 Å². The molecule has 1 aromatic heterocycles. The van der Waals surface area contributed by atoms with Crippen LogP contribution >= 0.6 is 11.3 Å².